The van der Waals surface area contributed by atoms with Crippen molar-refractivity contribution in [2.24, 2.45) is 22.4 Å². The summed E-state index contributed by atoms with van der Waals surface area (Å²) in [5.74, 6) is 2.86. The van der Waals surface area contributed by atoms with Gasteiger partial charge < -0.3 is 14.7 Å². The van der Waals surface area contributed by atoms with E-state index in [0.717, 1.165) is 12.8 Å². The van der Waals surface area contributed by atoms with Crippen LogP contribution in [0.5, 0.6) is 11.5 Å². The Balaban J connectivity index is 1.70. The predicted molar refractivity (Wildman–Crippen MR) is 93.7 cm³/mol. The maximum Gasteiger partial charge on any atom is 0.160 e. The third kappa shape index (κ3) is 2.15. The summed E-state index contributed by atoms with van der Waals surface area (Å²) >= 11 is 0. The molecular weight excluding hydrogens is 302 g/mol. The molecule has 0 spiro atoms. The number of benzene rings is 1. The van der Waals surface area contributed by atoms with Gasteiger partial charge >= 0.3 is 0 Å². The summed E-state index contributed by atoms with van der Waals surface area (Å²) in [7, 11) is 3.29. The average Bonchev–Trinajstić information content (AvgIpc) is 2.91. The molecule has 4 nitrogen and oxygen atoms in total. The number of aromatic hydroxyl groups is 1. The van der Waals surface area contributed by atoms with Crippen molar-refractivity contribution in [1.29, 1.82) is 0 Å². The maximum atomic E-state index is 10.1. The lowest BCUT2D eigenvalue weighted by Gasteiger charge is -2.49. The van der Waals surface area contributed by atoms with Crippen LogP contribution in [0.4, 0.5) is 0 Å². The van der Waals surface area contributed by atoms with Crippen molar-refractivity contribution in [3.8, 4) is 11.5 Å². The quantitative estimate of drug-likeness (QED) is 0.825. The number of oxime groups is 1. The number of hydrogen-bond acceptors (Lipinski definition) is 4. The van der Waals surface area contributed by atoms with Gasteiger partial charge in [-0.1, -0.05) is 12.1 Å². The molecule has 1 N–H and O–H groups in total. The highest BCUT2D eigenvalue weighted by molar-refractivity contribution is 5.92. The van der Waals surface area contributed by atoms with Crippen molar-refractivity contribution >= 4 is 5.71 Å². The molecule has 0 aromatic heterocycles. The largest absolute Gasteiger partial charge is 0.504 e. The van der Waals surface area contributed by atoms with E-state index in [1.165, 1.54) is 42.5 Å². The summed E-state index contributed by atoms with van der Waals surface area (Å²) in [6.07, 6.45) is 6.92. The standard InChI is InChI=1S/C20H27NO3/c1-20-9-8-13-14(16(20)6-7-19(20)21-24-3)5-4-12-10-17(22)18(23-2)11-15(12)13/h10-11,13-14,16,22H,4-9H2,1-3H3/t13-,14+,16-,20-/m0/s1. The van der Waals surface area contributed by atoms with Crippen LogP contribution in [0.2, 0.25) is 0 Å². The summed E-state index contributed by atoms with van der Waals surface area (Å²) in [5, 5.41) is 14.5. The average molecular weight is 329 g/mol. The molecule has 0 heterocycles. The van der Waals surface area contributed by atoms with Gasteiger partial charge in [0.25, 0.3) is 0 Å². The van der Waals surface area contributed by atoms with E-state index >= 15 is 0 Å². The third-order valence-corrected chi connectivity index (χ3v) is 6.97. The molecule has 0 amide bonds. The molecule has 2 fully saturated rings. The highest BCUT2D eigenvalue weighted by Crippen LogP contribution is 2.60. The minimum Gasteiger partial charge on any atom is -0.504 e. The van der Waals surface area contributed by atoms with E-state index in [1.807, 2.05) is 6.07 Å². The zero-order valence-corrected chi connectivity index (χ0v) is 14.8. The van der Waals surface area contributed by atoms with Crippen LogP contribution in [0, 0.1) is 17.3 Å². The van der Waals surface area contributed by atoms with Gasteiger partial charge in [0.1, 0.15) is 7.11 Å². The topological polar surface area (TPSA) is 51.0 Å². The normalized spacial score (nSPS) is 36.0. The second kappa shape index (κ2) is 5.68. The first kappa shape index (κ1) is 15.8. The fourth-order valence-electron chi connectivity index (χ4n) is 5.80. The number of ether oxygens (including phenoxy) is 1. The SMILES string of the molecule is CON=C1CC[C@H]2[C@@H]3CCc4cc(O)c(OC)cc4[C@H]3CC[C@]12C. The molecule has 0 unspecified atom stereocenters. The molecule has 0 aliphatic heterocycles. The number of nitrogens with zero attached hydrogens (tertiary/aromatic N) is 1. The third-order valence-electron chi connectivity index (χ3n) is 6.97. The van der Waals surface area contributed by atoms with Gasteiger partial charge in [-0.15, -0.1) is 0 Å². The molecule has 1 aromatic carbocycles. The van der Waals surface area contributed by atoms with Crippen molar-refractivity contribution in [2.45, 2.75) is 51.4 Å². The molecule has 0 radical (unpaired) electrons. The molecular formula is C20H27NO3. The minimum atomic E-state index is 0.204. The van der Waals surface area contributed by atoms with Crippen LogP contribution in [0.15, 0.2) is 17.3 Å². The summed E-state index contributed by atoms with van der Waals surface area (Å²) in [5.41, 5.74) is 4.18. The Bertz CT molecular complexity index is 684. The molecule has 0 saturated heterocycles. The number of methoxy groups -OCH3 is 1. The lowest BCUT2D eigenvalue weighted by molar-refractivity contribution is 0.0923. The van der Waals surface area contributed by atoms with Gasteiger partial charge in [0.05, 0.1) is 12.8 Å². The number of hydrogen-bond donors (Lipinski definition) is 1. The minimum absolute atomic E-state index is 0.204. The number of aryl methyl sites for hydroxylation is 1. The van der Waals surface area contributed by atoms with E-state index in [1.54, 1.807) is 14.2 Å². The Morgan fingerprint density at radius 1 is 1.17 bits per heavy atom. The fourth-order valence-corrected chi connectivity index (χ4v) is 5.80. The number of fused-ring (bicyclic) bond motifs is 5. The molecule has 3 aliphatic carbocycles. The van der Waals surface area contributed by atoms with Crippen LogP contribution in [-0.4, -0.2) is 25.0 Å². The molecule has 3 aliphatic rings. The number of rotatable bonds is 2. The molecule has 24 heavy (non-hydrogen) atoms. The zero-order valence-electron chi connectivity index (χ0n) is 14.8. The Hall–Kier alpha value is -1.71. The second-order valence-electron chi connectivity index (χ2n) is 7.85. The molecule has 2 saturated carbocycles. The fraction of sp³-hybridized carbons (Fsp3) is 0.650. The van der Waals surface area contributed by atoms with Crippen molar-refractivity contribution in [1.82, 2.24) is 0 Å². The van der Waals surface area contributed by atoms with Crippen LogP contribution in [0.3, 0.4) is 0 Å². The zero-order chi connectivity index (χ0) is 16.9. The summed E-state index contributed by atoms with van der Waals surface area (Å²) in [6, 6.07) is 4.01. The lowest BCUT2D eigenvalue weighted by atomic mass is 9.55. The second-order valence-corrected chi connectivity index (χ2v) is 7.85. The number of phenols is 1. The van der Waals surface area contributed by atoms with Crippen molar-refractivity contribution in [3.63, 3.8) is 0 Å². The molecule has 130 valence electrons. The molecule has 4 heteroatoms. The van der Waals surface area contributed by atoms with Gasteiger partial charge in [-0.2, -0.15) is 0 Å². The van der Waals surface area contributed by atoms with Crippen LogP contribution < -0.4 is 4.74 Å². The van der Waals surface area contributed by atoms with E-state index in [-0.39, 0.29) is 11.2 Å². The number of phenolic OH excluding ortho intramolecular Hbond substituents is 1. The van der Waals surface area contributed by atoms with Crippen LogP contribution in [-0.2, 0) is 11.3 Å². The lowest BCUT2D eigenvalue weighted by Crippen LogP contribution is -2.42. The first-order valence-corrected chi connectivity index (χ1v) is 9.08. The van der Waals surface area contributed by atoms with E-state index in [2.05, 4.69) is 18.1 Å². The van der Waals surface area contributed by atoms with Crippen molar-refractivity contribution < 1.29 is 14.7 Å². The Morgan fingerprint density at radius 2 is 2.00 bits per heavy atom. The monoisotopic (exact) mass is 329 g/mol. The van der Waals surface area contributed by atoms with Gasteiger partial charge in [-0.05, 0) is 79.5 Å². The highest BCUT2D eigenvalue weighted by atomic mass is 16.6. The Morgan fingerprint density at radius 3 is 2.75 bits per heavy atom. The first-order chi connectivity index (χ1) is 11.6. The Labute approximate surface area is 143 Å². The first-order valence-electron chi connectivity index (χ1n) is 9.08. The molecule has 1 aromatic rings. The van der Waals surface area contributed by atoms with Gasteiger partial charge in [-0.3, -0.25) is 0 Å². The summed E-state index contributed by atoms with van der Waals surface area (Å²) in [6.45, 7) is 2.39. The van der Waals surface area contributed by atoms with Gasteiger partial charge in [0.15, 0.2) is 11.5 Å². The maximum absolute atomic E-state index is 10.1. The van der Waals surface area contributed by atoms with Gasteiger partial charge in [-0.25, -0.2) is 0 Å². The van der Waals surface area contributed by atoms with Crippen molar-refractivity contribution in [3.05, 3.63) is 23.3 Å². The molecule has 4 rings (SSSR count). The van der Waals surface area contributed by atoms with E-state index in [0.29, 0.717) is 23.5 Å². The van der Waals surface area contributed by atoms with Crippen molar-refractivity contribution in [2.75, 3.05) is 14.2 Å². The molecule has 4 atom stereocenters. The van der Waals surface area contributed by atoms with Gasteiger partial charge in [0, 0.05) is 5.41 Å². The van der Waals surface area contributed by atoms with E-state index < -0.39 is 0 Å². The summed E-state index contributed by atoms with van der Waals surface area (Å²) in [4.78, 5) is 5.12. The van der Waals surface area contributed by atoms with E-state index in [9.17, 15) is 5.11 Å². The predicted octanol–water partition coefficient (Wildman–Crippen LogP) is 4.26. The highest BCUT2D eigenvalue weighted by Gasteiger charge is 2.53. The van der Waals surface area contributed by atoms with Crippen LogP contribution >= 0.6 is 0 Å². The summed E-state index contributed by atoms with van der Waals surface area (Å²) < 4.78 is 5.36. The van der Waals surface area contributed by atoms with Gasteiger partial charge in [0.2, 0.25) is 0 Å². The van der Waals surface area contributed by atoms with E-state index in [4.69, 9.17) is 9.57 Å². The Kier molecular flexibility index (Phi) is 3.74. The smallest absolute Gasteiger partial charge is 0.160 e. The van der Waals surface area contributed by atoms with Crippen LogP contribution in [0.1, 0.15) is 56.1 Å². The molecule has 0 bridgehead atoms. The van der Waals surface area contributed by atoms with Crippen LogP contribution in [0.25, 0.3) is 0 Å².